The van der Waals surface area contributed by atoms with Crippen molar-refractivity contribution in [3.63, 3.8) is 0 Å². The molecule has 0 spiro atoms. The second-order valence-corrected chi connectivity index (χ2v) is 11.3. The topological polar surface area (TPSA) is 146 Å². The van der Waals surface area contributed by atoms with E-state index in [4.69, 9.17) is 5.73 Å². The number of pyridine rings is 1. The van der Waals surface area contributed by atoms with E-state index in [1.165, 1.54) is 37.2 Å². The largest absolute Gasteiger partial charge is 0.506 e. The van der Waals surface area contributed by atoms with E-state index in [0.29, 0.717) is 34.2 Å². The molecule has 4 N–H and O–H groups in total. The number of benzene rings is 1. The molecule has 2 aliphatic heterocycles. The van der Waals surface area contributed by atoms with Crippen LogP contribution in [-0.4, -0.2) is 54.4 Å². The Morgan fingerprint density at radius 2 is 1.97 bits per heavy atom. The standard InChI is InChI=1S/C25H28FN5O5S/c26-23-19(8-9-20(32)24(23)31-14-22(33)29-37(31,35)36)17-2-1-3-18(7-6-15-4-5-15)30(13-17)25(34)16-10-11-28-21(27)12-16/h2,8-12,15,18,32H,1,3-7,13-14H2,(H2,27,28)(H,29,33). The maximum Gasteiger partial charge on any atom is 0.326 e. The van der Waals surface area contributed by atoms with Gasteiger partial charge in [0.05, 0.1) is 0 Å². The van der Waals surface area contributed by atoms with Gasteiger partial charge >= 0.3 is 10.2 Å². The lowest BCUT2D eigenvalue weighted by Crippen LogP contribution is -2.41. The predicted octanol–water partition coefficient (Wildman–Crippen LogP) is 2.57. The molecule has 1 unspecified atom stereocenters. The van der Waals surface area contributed by atoms with Crippen molar-refractivity contribution in [2.24, 2.45) is 5.92 Å². The van der Waals surface area contributed by atoms with Gasteiger partial charge in [-0.1, -0.05) is 18.9 Å². The SMILES string of the molecule is Nc1cc(C(=O)N2CC(c3ccc(O)c(N4CC(=O)NS4(=O)=O)c3F)=CCCC2CCC2CC2)ccn1. The van der Waals surface area contributed by atoms with Crippen LogP contribution in [0.15, 0.2) is 36.5 Å². The number of hydrogen-bond donors (Lipinski definition) is 3. The fourth-order valence-corrected chi connectivity index (χ4v) is 6.15. The van der Waals surface area contributed by atoms with Crippen LogP contribution in [0.3, 0.4) is 0 Å². The minimum atomic E-state index is -4.34. The number of allylic oxidation sites excluding steroid dienone is 1. The number of amides is 2. The van der Waals surface area contributed by atoms with E-state index in [0.717, 1.165) is 12.8 Å². The number of phenolic OH excluding ortho intramolecular Hbond substituents is 1. The van der Waals surface area contributed by atoms with Gasteiger partial charge in [0.25, 0.3) is 11.8 Å². The van der Waals surface area contributed by atoms with Crippen LogP contribution in [0, 0.1) is 11.7 Å². The highest BCUT2D eigenvalue weighted by molar-refractivity contribution is 7.92. The zero-order valence-corrected chi connectivity index (χ0v) is 20.9. The molecule has 2 aromatic rings. The Balaban J connectivity index is 1.50. The summed E-state index contributed by atoms with van der Waals surface area (Å²) >= 11 is 0. The summed E-state index contributed by atoms with van der Waals surface area (Å²) < 4.78 is 42.9. The predicted molar refractivity (Wildman–Crippen MR) is 135 cm³/mol. The molecule has 3 heterocycles. The zero-order chi connectivity index (χ0) is 26.3. The summed E-state index contributed by atoms with van der Waals surface area (Å²) in [6, 6.07) is 5.58. The molecule has 0 bridgehead atoms. The molecule has 2 amide bonds. The van der Waals surface area contributed by atoms with Crippen molar-refractivity contribution in [2.75, 3.05) is 23.1 Å². The van der Waals surface area contributed by atoms with Crippen molar-refractivity contribution >= 4 is 39.1 Å². The summed E-state index contributed by atoms with van der Waals surface area (Å²) in [7, 11) is -4.34. The monoisotopic (exact) mass is 529 g/mol. The number of nitrogens with zero attached hydrogens (tertiary/aromatic N) is 3. The van der Waals surface area contributed by atoms with E-state index < -0.39 is 39.9 Å². The van der Waals surface area contributed by atoms with E-state index in [-0.39, 0.29) is 29.9 Å². The first-order chi connectivity index (χ1) is 17.6. The number of halogens is 1. The van der Waals surface area contributed by atoms with Crippen LogP contribution in [0.5, 0.6) is 5.75 Å². The first-order valence-corrected chi connectivity index (χ1v) is 13.6. The van der Waals surface area contributed by atoms with Gasteiger partial charge < -0.3 is 15.7 Å². The fraction of sp³-hybridized carbons (Fsp3) is 0.400. The van der Waals surface area contributed by atoms with Crippen LogP contribution in [-0.2, 0) is 15.0 Å². The average molecular weight is 530 g/mol. The number of nitrogens with two attached hydrogens (primary N) is 1. The van der Waals surface area contributed by atoms with Crippen molar-refractivity contribution in [3.8, 4) is 5.75 Å². The van der Waals surface area contributed by atoms with Crippen molar-refractivity contribution < 1.29 is 27.5 Å². The van der Waals surface area contributed by atoms with Crippen LogP contribution >= 0.6 is 0 Å². The second-order valence-electron chi connectivity index (χ2n) is 9.72. The third-order valence-corrected chi connectivity index (χ3v) is 8.45. The van der Waals surface area contributed by atoms with Gasteiger partial charge in [0.15, 0.2) is 5.82 Å². The Morgan fingerprint density at radius 3 is 2.65 bits per heavy atom. The minimum absolute atomic E-state index is 0.0530. The third kappa shape index (κ3) is 5.10. The number of nitrogens with one attached hydrogen (secondary N) is 1. The molecule has 1 aliphatic carbocycles. The van der Waals surface area contributed by atoms with Gasteiger partial charge in [0, 0.05) is 29.9 Å². The lowest BCUT2D eigenvalue weighted by molar-refractivity contribution is -0.117. The van der Waals surface area contributed by atoms with E-state index in [1.807, 2.05) is 6.08 Å². The molecule has 1 atom stereocenters. The van der Waals surface area contributed by atoms with Gasteiger partial charge in [0.2, 0.25) is 0 Å². The number of nitrogen functional groups attached to an aromatic ring is 1. The molecular formula is C25H28FN5O5S. The fourth-order valence-electron chi connectivity index (χ4n) is 4.98. The molecule has 1 aromatic heterocycles. The minimum Gasteiger partial charge on any atom is -0.506 e. The quantitative estimate of drug-likeness (QED) is 0.521. The molecule has 12 heteroatoms. The molecule has 1 saturated carbocycles. The average Bonchev–Trinajstić information content (AvgIpc) is 3.64. The van der Waals surface area contributed by atoms with E-state index in [1.54, 1.807) is 15.7 Å². The molecule has 2 fully saturated rings. The normalized spacial score (nSPS) is 21.4. The maximum atomic E-state index is 15.9. The number of hydrogen-bond acceptors (Lipinski definition) is 7. The molecule has 196 valence electrons. The van der Waals surface area contributed by atoms with Crippen LogP contribution in [0.25, 0.3) is 5.57 Å². The van der Waals surface area contributed by atoms with Crippen molar-refractivity contribution in [2.45, 2.75) is 44.6 Å². The number of carbonyl (C=O) groups excluding carboxylic acids is 2. The number of anilines is 2. The van der Waals surface area contributed by atoms with Gasteiger partial charge in [-0.2, -0.15) is 8.42 Å². The Hall–Kier alpha value is -3.67. The highest BCUT2D eigenvalue weighted by atomic mass is 32.2. The third-order valence-electron chi connectivity index (χ3n) is 7.08. The molecule has 1 aromatic carbocycles. The van der Waals surface area contributed by atoms with Crippen LogP contribution in [0.4, 0.5) is 15.9 Å². The first kappa shape index (κ1) is 25.0. The molecule has 1 saturated heterocycles. The smallest absolute Gasteiger partial charge is 0.326 e. The highest BCUT2D eigenvalue weighted by Gasteiger charge is 2.38. The Bertz CT molecular complexity index is 1390. The van der Waals surface area contributed by atoms with Crippen LogP contribution in [0.2, 0.25) is 0 Å². The van der Waals surface area contributed by atoms with Gasteiger partial charge in [0.1, 0.15) is 23.8 Å². The molecule has 0 radical (unpaired) electrons. The lowest BCUT2D eigenvalue weighted by atomic mass is 10.0. The summed E-state index contributed by atoms with van der Waals surface area (Å²) in [5.41, 5.74) is 6.12. The summed E-state index contributed by atoms with van der Waals surface area (Å²) in [5.74, 6) is -1.78. The Labute approximate surface area is 214 Å². The first-order valence-electron chi connectivity index (χ1n) is 12.2. The highest BCUT2D eigenvalue weighted by Crippen LogP contribution is 2.39. The van der Waals surface area contributed by atoms with Gasteiger partial charge in [-0.25, -0.2) is 18.4 Å². The van der Waals surface area contributed by atoms with Crippen LogP contribution < -0.4 is 14.8 Å². The van der Waals surface area contributed by atoms with E-state index in [9.17, 15) is 23.1 Å². The Morgan fingerprint density at radius 1 is 1.19 bits per heavy atom. The van der Waals surface area contributed by atoms with Crippen molar-refractivity contribution in [1.82, 2.24) is 14.6 Å². The summed E-state index contributed by atoms with van der Waals surface area (Å²) in [6.45, 7) is -0.561. The zero-order valence-electron chi connectivity index (χ0n) is 20.1. The van der Waals surface area contributed by atoms with Crippen molar-refractivity contribution in [3.05, 3.63) is 53.5 Å². The number of aromatic nitrogens is 1. The van der Waals surface area contributed by atoms with E-state index >= 15 is 4.39 Å². The molecular weight excluding hydrogens is 501 g/mol. The van der Waals surface area contributed by atoms with E-state index in [2.05, 4.69) is 4.98 Å². The Kier molecular flexibility index (Phi) is 6.52. The second kappa shape index (κ2) is 9.66. The van der Waals surface area contributed by atoms with Gasteiger partial charge in [-0.3, -0.25) is 9.59 Å². The molecule has 5 rings (SSSR count). The lowest BCUT2D eigenvalue weighted by Gasteiger charge is -2.31. The molecule has 10 nitrogen and oxygen atoms in total. The number of phenols is 1. The maximum absolute atomic E-state index is 15.9. The summed E-state index contributed by atoms with van der Waals surface area (Å²) in [5, 5.41) is 10.3. The molecule has 3 aliphatic rings. The summed E-state index contributed by atoms with van der Waals surface area (Å²) in [4.78, 5) is 31.0. The molecule has 37 heavy (non-hydrogen) atoms. The number of aromatic hydroxyl groups is 1. The van der Waals surface area contributed by atoms with Gasteiger partial charge in [-0.15, -0.1) is 0 Å². The number of rotatable bonds is 6. The van der Waals surface area contributed by atoms with Crippen LogP contribution in [0.1, 0.15) is 54.4 Å². The number of carbonyl (C=O) groups is 2. The van der Waals surface area contributed by atoms with Crippen molar-refractivity contribution in [1.29, 1.82) is 0 Å². The summed E-state index contributed by atoms with van der Waals surface area (Å²) in [6.07, 6.45) is 8.81. The van der Waals surface area contributed by atoms with Gasteiger partial charge in [-0.05, 0) is 61.4 Å².